The van der Waals surface area contributed by atoms with Gasteiger partial charge < -0.3 is 5.32 Å². The van der Waals surface area contributed by atoms with Gasteiger partial charge in [-0.25, -0.2) is 4.39 Å². The minimum atomic E-state index is -1.15. The number of carbonyl (C=O) groups excluding carboxylic acids is 2. The van der Waals surface area contributed by atoms with Crippen LogP contribution in [0.5, 0.6) is 0 Å². The van der Waals surface area contributed by atoms with E-state index < -0.39 is 28.2 Å². The van der Waals surface area contributed by atoms with Gasteiger partial charge in [-0.2, -0.15) is 5.32 Å². The van der Waals surface area contributed by atoms with Gasteiger partial charge in [0.15, 0.2) is 5.69 Å². The van der Waals surface area contributed by atoms with Crippen LogP contribution >= 0.6 is 22.6 Å². The number of amides is 2. The highest BCUT2D eigenvalue weighted by Gasteiger charge is 2.34. The Balaban J connectivity index is 2.72. The van der Waals surface area contributed by atoms with E-state index in [0.717, 1.165) is 6.07 Å². The number of nitro groups is 1. The van der Waals surface area contributed by atoms with Gasteiger partial charge in [-0.3, -0.25) is 19.7 Å². The second-order valence-corrected chi connectivity index (χ2v) is 4.12. The van der Waals surface area contributed by atoms with E-state index >= 15 is 0 Å². The molecule has 9 heteroatoms. The second kappa shape index (κ2) is 3.91. The van der Waals surface area contributed by atoms with Crippen molar-refractivity contribution in [2.45, 2.75) is 0 Å². The van der Waals surface area contributed by atoms with E-state index in [-0.39, 0.29) is 14.9 Å². The molecule has 2 rings (SSSR count). The molecule has 87 valence electrons. The molecule has 0 fully saturated rings. The predicted octanol–water partition coefficient (Wildman–Crippen LogP) is 1.05. The van der Waals surface area contributed by atoms with Gasteiger partial charge in [0.05, 0.1) is 10.6 Å². The summed E-state index contributed by atoms with van der Waals surface area (Å²) in [6.45, 7) is 0. The van der Waals surface area contributed by atoms with Gasteiger partial charge in [0.2, 0.25) is 0 Å². The highest BCUT2D eigenvalue weighted by atomic mass is 127. The monoisotopic (exact) mass is 350 g/mol. The van der Waals surface area contributed by atoms with Crippen LogP contribution in [0, 0.1) is 19.5 Å². The third kappa shape index (κ3) is 1.81. The molecule has 1 aromatic rings. The van der Waals surface area contributed by atoms with Crippen molar-refractivity contribution in [2.75, 3.05) is 5.32 Å². The van der Waals surface area contributed by atoms with E-state index in [1.165, 1.54) is 22.6 Å². The van der Waals surface area contributed by atoms with Crippen LogP contribution in [0.25, 0.3) is 0 Å². The van der Waals surface area contributed by atoms with Gasteiger partial charge in [0.25, 0.3) is 0 Å². The Bertz CT molecular complexity index is 574. The maximum Gasteiger partial charge on any atom is 0.336 e. The summed E-state index contributed by atoms with van der Waals surface area (Å²) in [5, 5.41) is 16.1. The van der Waals surface area contributed by atoms with Crippen molar-refractivity contribution in [3.63, 3.8) is 0 Å². The predicted molar refractivity (Wildman–Crippen MR) is 61.2 cm³/mol. The van der Waals surface area contributed by atoms with E-state index in [9.17, 15) is 24.1 Å². The van der Waals surface area contributed by atoms with Crippen molar-refractivity contribution < 1.29 is 18.9 Å². The summed E-state index contributed by atoms with van der Waals surface area (Å²) in [5.41, 5.74) is -1.14. The van der Waals surface area contributed by atoms with E-state index in [4.69, 9.17) is 0 Å². The molecule has 0 atom stereocenters. The minimum absolute atomic E-state index is 0.181. The number of rotatable bonds is 1. The third-order valence-corrected chi connectivity index (χ3v) is 3.03. The van der Waals surface area contributed by atoms with Crippen LogP contribution < -0.4 is 10.6 Å². The zero-order chi connectivity index (χ0) is 12.7. The van der Waals surface area contributed by atoms with Crippen LogP contribution in [-0.2, 0) is 9.59 Å². The lowest BCUT2D eigenvalue weighted by Gasteiger charge is -2.15. The van der Waals surface area contributed by atoms with Crippen LogP contribution in [-0.4, -0.2) is 16.7 Å². The summed E-state index contributed by atoms with van der Waals surface area (Å²) >= 11 is 1.44. The highest BCUT2D eigenvalue weighted by Crippen LogP contribution is 2.39. The zero-order valence-electron chi connectivity index (χ0n) is 7.86. The summed E-state index contributed by atoms with van der Waals surface area (Å²) in [6.07, 6.45) is 0. The standard InChI is InChI=1S/C8H2FIN3O4/c9-2-1-3-5(6(4(2)10)13(16)17)12-8(15)7(14)11-3/h1H,(H,11,14). The van der Waals surface area contributed by atoms with Crippen molar-refractivity contribution in [2.24, 2.45) is 0 Å². The number of carbonyl (C=O) groups is 2. The maximum atomic E-state index is 13.4. The number of anilines is 1. The quantitative estimate of drug-likeness (QED) is 0.354. The fourth-order valence-corrected chi connectivity index (χ4v) is 1.91. The molecule has 2 amide bonds. The Morgan fingerprint density at radius 2 is 2.12 bits per heavy atom. The molecular weight excluding hydrogens is 348 g/mol. The lowest BCUT2D eigenvalue weighted by atomic mass is 10.2. The lowest BCUT2D eigenvalue weighted by Crippen LogP contribution is -2.33. The Hall–Kier alpha value is -1.78. The molecule has 0 aliphatic carbocycles. The molecule has 1 radical (unpaired) electrons. The molecule has 0 saturated carbocycles. The fourth-order valence-electron chi connectivity index (χ4n) is 1.31. The van der Waals surface area contributed by atoms with Gasteiger partial charge in [-0.15, -0.1) is 0 Å². The first-order chi connectivity index (χ1) is 7.91. The summed E-state index contributed by atoms with van der Waals surface area (Å²) < 4.78 is 13.1. The molecule has 1 aliphatic heterocycles. The van der Waals surface area contributed by atoms with Gasteiger partial charge in [-0.1, -0.05) is 0 Å². The molecule has 0 aromatic heterocycles. The molecule has 1 N–H and O–H groups in total. The van der Waals surface area contributed by atoms with Crippen LogP contribution in [0.3, 0.4) is 0 Å². The average molecular weight is 350 g/mol. The smallest absolute Gasteiger partial charge is 0.315 e. The van der Waals surface area contributed by atoms with E-state index in [0.29, 0.717) is 0 Å². The van der Waals surface area contributed by atoms with Gasteiger partial charge in [0, 0.05) is 6.07 Å². The first kappa shape index (κ1) is 11.7. The fraction of sp³-hybridized carbons (Fsp3) is 0. The number of halogens is 2. The molecule has 0 bridgehead atoms. The van der Waals surface area contributed by atoms with E-state index in [2.05, 4.69) is 5.32 Å². The molecule has 17 heavy (non-hydrogen) atoms. The lowest BCUT2D eigenvalue weighted by molar-refractivity contribution is -0.385. The number of fused-ring (bicyclic) bond motifs is 1. The van der Waals surface area contributed by atoms with Crippen LogP contribution in [0.2, 0.25) is 0 Å². The number of nitrogens with one attached hydrogen (secondary N) is 1. The largest absolute Gasteiger partial charge is 0.336 e. The van der Waals surface area contributed by atoms with E-state index in [1.54, 1.807) is 0 Å². The van der Waals surface area contributed by atoms with Crippen LogP contribution in [0.1, 0.15) is 0 Å². The van der Waals surface area contributed by atoms with Crippen LogP contribution in [0.4, 0.5) is 21.5 Å². The zero-order valence-corrected chi connectivity index (χ0v) is 10.0. The molecule has 7 nitrogen and oxygen atoms in total. The molecule has 1 aliphatic rings. The second-order valence-electron chi connectivity index (χ2n) is 3.05. The summed E-state index contributed by atoms with van der Waals surface area (Å²) in [4.78, 5) is 32.0. The SMILES string of the molecule is O=C1[N]c2c(cc(F)c(I)c2[N+](=O)[O-])NC1=O. The average Bonchev–Trinajstić information content (AvgIpc) is 2.23. The summed E-state index contributed by atoms with van der Waals surface area (Å²) in [5.74, 6) is -3.06. The van der Waals surface area contributed by atoms with Gasteiger partial charge >= 0.3 is 17.5 Å². The first-order valence-corrected chi connectivity index (χ1v) is 5.23. The number of hydrogen-bond donors (Lipinski definition) is 1. The Morgan fingerprint density at radius 3 is 2.71 bits per heavy atom. The van der Waals surface area contributed by atoms with Crippen molar-refractivity contribution in [3.05, 3.63) is 25.6 Å². The molecule has 0 saturated heterocycles. The number of benzene rings is 1. The molecule has 1 heterocycles. The Morgan fingerprint density at radius 1 is 1.47 bits per heavy atom. The van der Waals surface area contributed by atoms with Crippen molar-refractivity contribution in [3.8, 4) is 0 Å². The number of nitrogens with zero attached hydrogens (tertiary/aromatic N) is 2. The topological polar surface area (TPSA) is 103 Å². The Kier molecular flexibility index (Phi) is 2.69. The first-order valence-electron chi connectivity index (χ1n) is 4.15. The maximum absolute atomic E-state index is 13.4. The van der Waals surface area contributed by atoms with Gasteiger partial charge in [-0.05, 0) is 22.6 Å². The van der Waals surface area contributed by atoms with E-state index in [1.807, 2.05) is 5.32 Å². The normalized spacial score (nSPS) is 13.8. The van der Waals surface area contributed by atoms with Crippen LogP contribution in [0.15, 0.2) is 6.07 Å². The van der Waals surface area contributed by atoms with Gasteiger partial charge in [0.1, 0.15) is 9.39 Å². The molecule has 0 unspecified atom stereocenters. The third-order valence-electron chi connectivity index (χ3n) is 2.01. The highest BCUT2D eigenvalue weighted by molar-refractivity contribution is 14.1. The molecular formula is C8H2FIN3O4. The number of nitro benzene ring substituents is 1. The minimum Gasteiger partial charge on any atom is -0.315 e. The summed E-state index contributed by atoms with van der Waals surface area (Å²) in [7, 11) is 0. The van der Waals surface area contributed by atoms with Crippen molar-refractivity contribution in [1.29, 1.82) is 0 Å². The summed E-state index contributed by atoms with van der Waals surface area (Å²) in [6, 6.07) is 0.887. The van der Waals surface area contributed by atoms with Crippen molar-refractivity contribution in [1.82, 2.24) is 5.32 Å². The number of hydrogen-bond acceptors (Lipinski definition) is 4. The Labute approximate surface area is 107 Å². The molecule has 1 aromatic carbocycles. The molecule has 0 spiro atoms. The van der Waals surface area contributed by atoms with Crippen molar-refractivity contribution >= 4 is 51.5 Å².